The van der Waals surface area contributed by atoms with Crippen LogP contribution in [0, 0.1) is 17.8 Å². The molecular weight excluding hydrogens is 318 g/mol. The van der Waals surface area contributed by atoms with Gasteiger partial charge in [-0.2, -0.15) is 17.2 Å². The van der Waals surface area contributed by atoms with Crippen molar-refractivity contribution in [2.75, 3.05) is 0 Å². The number of carbonyl (C=O) groups is 3. The summed E-state index contributed by atoms with van der Waals surface area (Å²) >= 11 is 0. The molecule has 3 rings (SSSR count). The van der Waals surface area contributed by atoms with Crippen LogP contribution in [0.4, 0.5) is 8.78 Å². The molecule has 2 bridgehead atoms. The number of rotatable bonds is 3. The van der Waals surface area contributed by atoms with Crippen LogP contribution in [0.1, 0.15) is 6.42 Å². The summed E-state index contributed by atoms with van der Waals surface area (Å²) in [6.45, 7) is 0. The highest BCUT2D eigenvalue weighted by Crippen LogP contribution is 2.53. The zero-order valence-electron chi connectivity index (χ0n) is 10.1. The molecule has 0 aromatic carbocycles. The third kappa shape index (κ3) is 1.73. The molecular formula is C10H8F2O8S. The van der Waals surface area contributed by atoms with Crippen LogP contribution in [0.3, 0.4) is 0 Å². The second kappa shape index (κ2) is 3.97. The summed E-state index contributed by atoms with van der Waals surface area (Å²) in [5.41, 5.74) is 0. The molecule has 1 N–H and O–H groups in total. The Morgan fingerprint density at radius 3 is 2.52 bits per heavy atom. The maximum absolute atomic E-state index is 13.1. The van der Waals surface area contributed by atoms with Crippen molar-refractivity contribution in [1.29, 1.82) is 0 Å². The van der Waals surface area contributed by atoms with E-state index >= 15 is 0 Å². The average Bonchev–Trinajstić information content (AvgIpc) is 2.89. The van der Waals surface area contributed by atoms with Crippen LogP contribution in [0.25, 0.3) is 0 Å². The fourth-order valence-electron chi connectivity index (χ4n) is 3.15. The van der Waals surface area contributed by atoms with Crippen molar-refractivity contribution >= 4 is 27.8 Å². The Labute approximate surface area is 116 Å². The van der Waals surface area contributed by atoms with E-state index in [9.17, 15) is 31.6 Å². The van der Waals surface area contributed by atoms with Gasteiger partial charge < -0.3 is 9.47 Å². The number of esters is 2. The van der Waals surface area contributed by atoms with E-state index in [4.69, 9.17) is 9.29 Å². The number of Topliss-reactive ketones (excluding diaryl/α,β-unsaturated/α-hetero) is 1. The third-order valence-electron chi connectivity index (χ3n) is 4.07. The van der Waals surface area contributed by atoms with E-state index in [2.05, 4.69) is 4.74 Å². The predicted octanol–water partition coefficient (Wildman–Crippen LogP) is -0.861. The summed E-state index contributed by atoms with van der Waals surface area (Å²) in [6, 6.07) is 0. The van der Waals surface area contributed by atoms with E-state index in [0.29, 0.717) is 0 Å². The first kappa shape index (κ1) is 14.3. The lowest BCUT2D eigenvalue weighted by Crippen LogP contribution is -2.44. The maximum atomic E-state index is 13.1. The van der Waals surface area contributed by atoms with Crippen molar-refractivity contribution in [2.45, 2.75) is 23.9 Å². The van der Waals surface area contributed by atoms with Crippen LogP contribution in [0.15, 0.2) is 0 Å². The predicted molar refractivity (Wildman–Crippen MR) is 56.3 cm³/mol. The van der Waals surface area contributed by atoms with Crippen molar-refractivity contribution in [1.82, 2.24) is 0 Å². The van der Waals surface area contributed by atoms with E-state index in [0.717, 1.165) is 0 Å². The molecule has 5 atom stereocenters. The molecule has 1 aliphatic heterocycles. The standard InChI is InChI=1S/C10H8F2O8S/c11-10(12,21(16,17)18)9(15)20-6-3-1-2-4(5(3)13)7(6)19-8(2)14/h2-4,6-7H,1H2,(H,16,17,18). The Balaban J connectivity index is 1.83. The van der Waals surface area contributed by atoms with Crippen LogP contribution < -0.4 is 0 Å². The summed E-state index contributed by atoms with van der Waals surface area (Å²) in [5.74, 6) is -6.08. The SMILES string of the molecule is O=C1OC2C(OC(=O)C(F)(F)S(=O)(=O)O)C3CC1C2C3=O. The van der Waals surface area contributed by atoms with E-state index in [1.807, 2.05) is 0 Å². The van der Waals surface area contributed by atoms with E-state index in [-0.39, 0.29) is 6.42 Å². The van der Waals surface area contributed by atoms with Gasteiger partial charge in [-0.1, -0.05) is 0 Å². The second-order valence-corrected chi connectivity index (χ2v) is 6.60. The molecule has 116 valence electrons. The molecule has 3 aliphatic rings. The number of hydrogen-bond acceptors (Lipinski definition) is 7. The van der Waals surface area contributed by atoms with E-state index in [1.54, 1.807) is 0 Å². The highest BCUT2D eigenvalue weighted by Gasteiger charge is 2.69. The van der Waals surface area contributed by atoms with Crippen LogP contribution in [0.5, 0.6) is 0 Å². The number of alkyl halides is 2. The molecule has 0 aromatic rings. The summed E-state index contributed by atoms with van der Waals surface area (Å²) < 4.78 is 64.7. The molecule has 0 aromatic heterocycles. The molecule has 1 saturated heterocycles. The Hall–Kier alpha value is -1.62. The number of halogens is 2. The molecule has 0 amide bonds. The van der Waals surface area contributed by atoms with Gasteiger partial charge in [-0.3, -0.25) is 14.1 Å². The smallest absolute Gasteiger partial charge is 0.457 e. The van der Waals surface area contributed by atoms with Gasteiger partial charge in [0, 0.05) is 0 Å². The van der Waals surface area contributed by atoms with Gasteiger partial charge in [0.1, 0.15) is 18.0 Å². The second-order valence-electron chi connectivity index (χ2n) is 5.14. The first-order valence-corrected chi connectivity index (χ1v) is 7.30. The van der Waals surface area contributed by atoms with Crippen molar-refractivity contribution in [2.24, 2.45) is 17.8 Å². The molecule has 0 radical (unpaired) electrons. The summed E-state index contributed by atoms with van der Waals surface area (Å²) in [6.07, 6.45) is -2.62. The molecule has 2 aliphatic carbocycles. The van der Waals surface area contributed by atoms with Gasteiger partial charge in [0.2, 0.25) is 0 Å². The van der Waals surface area contributed by atoms with Gasteiger partial charge >= 0.3 is 27.3 Å². The lowest BCUT2D eigenvalue weighted by atomic mass is 9.88. The molecule has 8 nitrogen and oxygen atoms in total. The largest absolute Gasteiger partial charge is 0.465 e. The van der Waals surface area contributed by atoms with Crippen molar-refractivity contribution in [3.63, 3.8) is 0 Å². The lowest BCUT2D eigenvalue weighted by molar-refractivity contribution is -0.176. The average molecular weight is 326 g/mol. The molecule has 0 spiro atoms. The topological polar surface area (TPSA) is 124 Å². The Bertz CT molecular complexity index is 656. The number of ether oxygens (including phenoxy) is 2. The first-order chi connectivity index (χ1) is 9.55. The Morgan fingerprint density at radius 1 is 1.33 bits per heavy atom. The monoisotopic (exact) mass is 326 g/mol. The van der Waals surface area contributed by atoms with Crippen molar-refractivity contribution < 1.29 is 45.6 Å². The molecule has 3 fully saturated rings. The van der Waals surface area contributed by atoms with Crippen molar-refractivity contribution in [3.8, 4) is 0 Å². The summed E-state index contributed by atoms with van der Waals surface area (Å²) in [7, 11) is -5.99. The highest BCUT2D eigenvalue weighted by molar-refractivity contribution is 7.87. The number of hydrogen-bond donors (Lipinski definition) is 1. The summed E-state index contributed by atoms with van der Waals surface area (Å²) in [5, 5.41) is -5.15. The van der Waals surface area contributed by atoms with Crippen LogP contribution in [-0.4, -0.2) is 48.2 Å². The fraction of sp³-hybridized carbons (Fsp3) is 0.700. The maximum Gasteiger partial charge on any atom is 0.465 e. The fourth-order valence-corrected chi connectivity index (χ4v) is 3.41. The minimum Gasteiger partial charge on any atom is -0.457 e. The summed E-state index contributed by atoms with van der Waals surface area (Å²) in [4.78, 5) is 34.5. The number of fused-ring (bicyclic) bond motifs is 1. The van der Waals surface area contributed by atoms with E-state index in [1.165, 1.54) is 0 Å². The number of ketones is 1. The molecule has 21 heavy (non-hydrogen) atoms. The zero-order chi connectivity index (χ0) is 15.7. The molecule has 2 saturated carbocycles. The van der Waals surface area contributed by atoms with E-state index < -0.39 is 63.1 Å². The van der Waals surface area contributed by atoms with Crippen molar-refractivity contribution in [3.05, 3.63) is 0 Å². The molecule has 5 unspecified atom stereocenters. The highest BCUT2D eigenvalue weighted by atomic mass is 32.2. The number of carbonyl (C=O) groups excluding carboxylic acids is 3. The molecule has 11 heteroatoms. The lowest BCUT2D eigenvalue weighted by Gasteiger charge is -2.25. The third-order valence-corrected chi connectivity index (χ3v) is 4.88. The minimum absolute atomic E-state index is 0.00816. The quantitative estimate of drug-likeness (QED) is 0.525. The van der Waals surface area contributed by atoms with Gasteiger partial charge in [0.25, 0.3) is 0 Å². The first-order valence-electron chi connectivity index (χ1n) is 5.86. The normalized spacial score (nSPS) is 37.8. The van der Waals surface area contributed by atoms with Gasteiger partial charge in [-0.25, -0.2) is 4.79 Å². The van der Waals surface area contributed by atoms with Gasteiger partial charge in [0.05, 0.1) is 17.8 Å². The van der Waals surface area contributed by atoms with Gasteiger partial charge in [-0.05, 0) is 6.42 Å². The van der Waals surface area contributed by atoms with Crippen LogP contribution in [0.2, 0.25) is 0 Å². The van der Waals surface area contributed by atoms with Crippen LogP contribution >= 0.6 is 0 Å². The van der Waals surface area contributed by atoms with Crippen LogP contribution in [-0.2, 0) is 34.0 Å². The van der Waals surface area contributed by atoms with Gasteiger partial charge in [0.15, 0.2) is 0 Å². The molecule has 1 heterocycles. The Morgan fingerprint density at radius 2 is 1.95 bits per heavy atom. The minimum atomic E-state index is -5.99. The zero-order valence-corrected chi connectivity index (χ0v) is 10.9. The Kier molecular flexibility index (Phi) is 2.71. The van der Waals surface area contributed by atoms with Gasteiger partial charge in [-0.15, -0.1) is 0 Å².